The van der Waals surface area contributed by atoms with Gasteiger partial charge in [0.15, 0.2) is 5.82 Å². The number of imidazole rings is 1. The third-order valence-corrected chi connectivity index (χ3v) is 4.76. The minimum absolute atomic E-state index is 0.185. The average Bonchev–Trinajstić information content (AvgIpc) is 2.92. The predicted octanol–water partition coefficient (Wildman–Crippen LogP) is 3.20. The molecule has 0 saturated carbocycles. The lowest BCUT2D eigenvalue weighted by Crippen LogP contribution is -2.56. The molecule has 3 rings (SSSR count). The summed E-state index contributed by atoms with van der Waals surface area (Å²) in [5, 5.41) is 2.71. The van der Waals surface area contributed by atoms with Gasteiger partial charge in [-0.1, -0.05) is 6.07 Å². The molecule has 1 saturated heterocycles. The van der Waals surface area contributed by atoms with E-state index >= 15 is 0 Å². The molecule has 1 aliphatic heterocycles. The zero-order chi connectivity index (χ0) is 18.2. The van der Waals surface area contributed by atoms with Gasteiger partial charge in [-0.05, 0) is 35.0 Å². The summed E-state index contributed by atoms with van der Waals surface area (Å²) in [5.41, 5.74) is 0.674. The number of urea groups is 1. The molecule has 1 unspecified atom stereocenters. The molecule has 2 aromatic heterocycles. The Balaban J connectivity index is 1.63. The molecule has 1 atom stereocenters. The average molecular weight is 420 g/mol. The maximum Gasteiger partial charge on any atom is 0.401 e. The number of piperazine rings is 1. The molecule has 2 amide bonds. The fourth-order valence-electron chi connectivity index (χ4n) is 2.87. The minimum atomic E-state index is -4.23. The van der Waals surface area contributed by atoms with Gasteiger partial charge in [-0.3, -0.25) is 14.6 Å². The standard InChI is InChI=1S/C15H17BrF3N5O/c1-10-7-22(5-6-23(10)9-15(17,18)19)14(25)21-12-8-24-11(16)3-2-4-13(24)20-12/h2-4,8,10H,5-7,9H2,1H3,(H,21,25). The van der Waals surface area contributed by atoms with Crippen LogP contribution in [0.3, 0.4) is 0 Å². The molecule has 1 N–H and O–H groups in total. The van der Waals surface area contributed by atoms with Crippen LogP contribution in [0.25, 0.3) is 5.65 Å². The second kappa shape index (κ2) is 6.83. The van der Waals surface area contributed by atoms with Crippen molar-refractivity contribution in [2.24, 2.45) is 0 Å². The Morgan fingerprint density at radius 3 is 2.80 bits per heavy atom. The normalized spacial score (nSPS) is 19.4. The lowest BCUT2D eigenvalue weighted by Gasteiger charge is -2.39. The third-order valence-electron chi connectivity index (χ3n) is 4.11. The molecule has 6 nitrogen and oxygen atoms in total. The van der Waals surface area contributed by atoms with E-state index in [4.69, 9.17) is 0 Å². The molecule has 2 aromatic rings. The first-order chi connectivity index (χ1) is 11.7. The van der Waals surface area contributed by atoms with Gasteiger partial charge in [-0.15, -0.1) is 0 Å². The number of nitrogens with one attached hydrogen (secondary N) is 1. The topological polar surface area (TPSA) is 52.9 Å². The van der Waals surface area contributed by atoms with E-state index in [1.54, 1.807) is 23.6 Å². The van der Waals surface area contributed by atoms with Crippen LogP contribution in [0.15, 0.2) is 29.0 Å². The molecule has 0 spiro atoms. The van der Waals surface area contributed by atoms with Gasteiger partial charge >= 0.3 is 12.2 Å². The zero-order valence-electron chi connectivity index (χ0n) is 13.4. The summed E-state index contributed by atoms with van der Waals surface area (Å²) in [5.74, 6) is 0.391. The number of rotatable bonds is 2. The maximum absolute atomic E-state index is 12.5. The van der Waals surface area contributed by atoms with Crippen LogP contribution in [0.1, 0.15) is 6.92 Å². The van der Waals surface area contributed by atoms with E-state index in [9.17, 15) is 18.0 Å². The van der Waals surface area contributed by atoms with E-state index in [0.717, 1.165) is 4.60 Å². The summed E-state index contributed by atoms with van der Waals surface area (Å²) in [7, 11) is 0. The van der Waals surface area contributed by atoms with Gasteiger partial charge in [0, 0.05) is 25.7 Å². The molecule has 1 aliphatic rings. The quantitative estimate of drug-likeness (QED) is 0.760. The van der Waals surface area contributed by atoms with Gasteiger partial charge in [0.2, 0.25) is 0 Å². The van der Waals surface area contributed by atoms with Crippen molar-refractivity contribution >= 4 is 33.4 Å². The van der Waals surface area contributed by atoms with Crippen molar-refractivity contribution < 1.29 is 18.0 Å². The van der Waals surface area contributed by atoms with Crippen molar-refractivity contribution in [2.75, 3.05) is 31.5 Å². The number of fused-ring (bicyclic) bond motifs is 1. The minimum Gasteiger partial charge on any atom is -0.322 e. The number of amides is 2. The highest BCUT2D eigenvalue weighted by Crippen LogP contribution is 2.21. The van der Waals surface area contributed by atoms with Gasteiger partial charge in [0.1, 0.15) is 5.65 Å². The number of carbonyl (C=O) groups is 1. The van der Waals surface area contributed by atoms with Crippen LogP contribution >= 0.6 is 15.9 Å². The fourth-order valence-corrected chi connectivity index (χ4v) is 3.31. The molecular weight excluding hydrogens is 403 g/mol. The lowest BCUT2D eigenvalue weighted by atomic mass is 10.2. The number of carbonyl (C=O) groups excluding carboxylic acids is 1. The Labute approximate surface area is 150 Å². The molecule has 0 radical (unpaired) electrons. The highest BCUT2D eigenvalue weighted by molar-refractivity contribution is 9.10. The SMILES string of the molecule is CC1CN(C(=O)Nc2cn3c(Br)cccc3n2)CCN1CC(F)(F)F. The van der Waals surface area contributed by atoms with Crippen molar-refractivity contribution in [2.45, 2.75) is 19.1 Å². The van der Waals surface area contributed by atoms with Gasteiger partial charge in [0.05, 0.1) is 17.3 Å². The van der Waals surface area contributed by atoms with Crippen molar-refractivity contribution in [1.82, 2.24) is 19.2 Å². The van der Waals surface area contributed by atoms with Gasteiger partial charge in [-0.2, -0.15) is 13.2 Å². The molecule has 3 heterocycles. The molecule has 0 aliphatic carbocycles. The van der Waals surface area contributed by atoms with Gasteiger partial charge in [0.25, 0.3) is 0 Å². The van der Waals surface area contributed by atoms with E-state index in [0.29, 0.717) is 11.5 Å². The first-order valence-corrected chi connectivity index (χ1v) is 8.52. The summed E-state index contributed by atoms with van der Waals surface area (Å²) >= 11 is 3.39. The second-order valence-electron chi connectivity index (χ2n) is 6.01. The van der Waals surface area contributed by atoms with Crippen LogP contribution in [0, 0.1) is 0 Å². The molecule has 136 valence electrons. The second-order valence-corrected chi connectivity index (χ2v) is 6.83. The Morgan fingerprint density at radius 2 is 2.16 bits per heavy atom. The number of pyridine rings is 1. The summed E-state index contributed by atoms with van der Waals surface area (Å²) in [6.45, 7) is 1.39. The number of halogens is 4. The monoisotopic (exact) mass is 419 g/mol. The number of nitrogens with zero attached hydrogens (tertiary/aromatic N) is 4. The fraction of sp³-hybridized carbons (Fsp3) is 0.467. The molecule has 0 bridgehead atoms. The molecule has 1 fully saturated rings. The summed E-state index contributed by atoms with van der Waals surface area (Å²) in [4.78, 5) is 19.5. The van der Waals surface area contributed by atoms with E-state index in [2.05, 4.69) is 26.2 Å². The highest BCUT2D eigenvalue weighted by atomic mass is 79.9. The highest BCUT2D eigenvalue weighted by Gasteiger charge is 2.36. The molecule has 10 heteroatoms. The predicted molar refractivity (Wildman–Crippen MR) is 90.6 cm³/mol. The molecule has 0 aromatic carbocycles. The van der Waals surface area contributed by atoms with Crippen molar-refractivity contribution in [3.63, 3.8) is 0 Å². The van der Waals surface area contributed by atoms with E-state index < -0.39 is 12.7 Å². The first kappa shape index (κ1) is 18.0. The van der Waals surface area contributed by atoms with E-state index in [1.165, 1.54) is 9.80 Å². The third kappa shape index (κ3) is 4.24. The van der Waals surface area contributed by atoms with Crippen LogP contribution in [-0.4, -0.2) is 63.6 Å². The maximum atomic E-state index is 12.5. The number of hydrogen-bond donors (Lipinski definition) is 1. The van der Waals surface area contributed by atoms with Crippen LogP contribution in [0.2, 0.25) is 0 Å². The van der Waals surface area contributed by atoms with Crippen molar-refractivity contribution in [3.8, 4) is 0 Å². The zero-order valence-corrected chi connectivity index (χ0v) is 15.0. The Kier molecular flexibility index (Phi) is 4.92. The van der Waals surface area contributed by atoms with Crippen LogP contribution < -0.4 is 5.32 Å². The van der Waals surface area contributed by atoms with Crippen molar-refractivity contribution in [3.05, 3.63) is 29.0 Å². The first-order valence-electron chi connectivity index (χ1n) is 7.73. The smallest absolute Gasteiger partial charge is 0.322 e. The Hall–Kier alpha value is -1.81. The lowest BCUT2D eigenvalue weighted by molar-refractivity contribution is -0.153. The van der Waals surface area contributed by atoms with Crippen molar-refractivity contribution in [1.29, 1.82) is 0 Å². The Bertz CT molecular complexity index is 778. The Morgan fingerprint density at radius 1 is 1.40 bits per heavy atom. The number of aromatic nitrogens is 2. The van der Waals surface area contributed by atoms with Gasteiger partial charge < -0.3 is 4.90 Å². The molecule has 25 heavy (non-hydrogen) atoms. The number of hydrogen-bond acceptors (Lipinski definition) is 3. The molecular formula is C15H17BrF3N5O. The van der Waals surface area contributed by atoms with E-state index in [1.807, 2.05) is 12.1 Å². The van der Waals surface area contributed by atoms with Gasteiger partial charge in [-0.25, -0.2) is 9.78 Å². The number of alkyl halides is 3. The van der Waals surface area contributed by atoms with Crippen LogP contribution in [0.4, 0.5) is 23.8 Å². The summed E-state index contributed by atoms with van der Waals surface area (Å²) in [6, 6.07) is 4.76. The van der Waals surface area contributed by atoms with E-state index in [-0.39, 0.29) is 31.7 Å². The van der Waals surface area contributed by atoms with Crippen LogP contribution in [-0.2, 0) is 0 Å². The largest absolute Gasteiger partial charge is 0.401 e. The summed E-state index contributed by atoms with van der Waals surface area (Å²) < 4.78 is 40.2. The number of anilines is 1. The van der Waals surface area contributed by atoms with Crippen LogP contribution in [0.5, 0.6) is 0 Å². The summed E-state index contributed by atoms with van der Waals surface area (Å²) in [6.07, 6.45) is -2.55.